The Balaban J connectivity index is 2.64. The standard InChI is InChI=1S/C11H14BrIO2/c1-2-5-15-7-11(14)9-6-8(12)3-4-10(9)13/h3-4,6,11,14H,2,5,7H2,1H3. The van der Waals surface area contributed by atoms with E-state index in [1.807, 2.05) is 18.2 Å². The van der Waals surface area contributed by atoms with Gasteiger partial charge >= 0.3 is 0 Å². The van der Waals surface area contributed by atoms with Crippen molar-refractivity contribution in [2.45, 2.75) is 19.4 Å². The van der Waals surface area contributed by atoms with Gasteiger partial charge in [0.25, 0.3) is 0 Å². The minimum absolute atomic E-state index is 0.361. The van der Waals surface area contributed by atoms with Gasteiger partial charge in [-0.05, 0) is 52.8 Å². The van der Waals surface area contributed by atoms with E-state index in [9.17, 15) is 5.11 Å². The Labute approximate surface area is 112 Å². The number of hydrogen-bond donors (Lipinski definition) is 1. The van der Waals surface area contributed by atoms with E-state index >= 15 is 0 Å². The van der Waals surface area contributed by atoms with E-state index in [2.05, 4.69) is 45.4 Å². The number of benzene rings is 1. The molecule has 0 fully saturated rings. The second kappa shape index (κ2) is 6.83. The minimum Gasteiger partial charge on any atom is -0.386 e. The lowest BCUT2D eigenvalue weighted by molar-refractivity contribution is 0.0359. The normalized spacial score (nSPS) is 12.8. The highest BCUT2D eigenvalue weighted by molar-refractivity contribution is 14.1. The van der Waals surface area contributed by atoms with Crippen molar-refractivity contribution in [1.82, 2.24) is 0 Å². The van der Waals surface area contributed by atoms with Crippen LogP contribution in [0.3, 0.4) is 0 Å². The van der Waals surface area contributed by atoms with Crippen LogP contribution in [0.1, 0.15) is 25.0 Å². The SMILES string of the molecule is CCCOCC(O)c1cc(Br)ccc1I. The Morgan fingerprint density at radius 3 is 2.93 bits per heavy atom. The maximum atomic E-state index is 9.90. The molecular formula is C11H14BrIO2. The number of aliphatic hydroxyl groups excluding tert-OH is 1. The number of halogens is 2. The summed E-state index contributed by atoms with van der Waals surface area (Å²) in [6, 6.07) is 5.87. The zero-order valence-corrected chi connectivity index (χ0v) is 12.3. The van der Waals surface area contributed by atoms with E-state index in [1.54, 1.807) is 0 Å². The summed E-state index contributed by atoms with van der Waals surface area (Å²) in [6.45, 7) is 3.11. The van der Waals surface area contributed by atoms with E-state index in [1.165, 1.54) is 0 Å². The molecule has 0 saturated carbocycles. The summed E-state index contributed by atoms with van der Waals surface area (Å²) in [5.74, 6) is 0. The van der Waals surface area contributed by atoms with Gasteiger partial charge < -0.3 is 9.84 Å². The second-order valence-electron chi connectivity index (χ2n) is 3.26. The molecule has 0 aliphatic rings. The van der Waals surface area contributed by atoms with Crippen molar-refractivity contribution in [2.75, 3.05) is 13.2 Å². The molecule has 1 aromatic rings. The molecule has 15 heavy (non-hydrogen) atoms. The molecule has 0 aliphatic heterocycles. The molecule has 1 unspecified atom stereocenters. The predicted molar refractivity (Wildman–Crippen MR) is 72.9 cm³/mol. The highest BCUT2D eigenvalue weighted by Crippen LogP contribution is 2.24. The molecule has 4 heteroatoms. The van der Waals surface area contributed by atoms with Gasteiger partial charge in [-0.25, -0.2) is 0 Å². The van der Waals surface area contributed by atoms with E-state index in [0.29, 0.717) is 13.2 Å². The van der Waals surface area contributed by atoms with Crippen LogP contribution in [0.25, 0.3) is 0 Å². The van der Waals surface area contributed by atoms with Crippen molar-refractivity contribution in [1.29, 1.82) is 0 Å². The maximum absolute atomic E-state index is 9.90. The van der Waals surface area contributed by atoms with Gasteiger partial charge in [0.1, 0.15) is 6.10 Å². The maximum Gasteiger partial charge on any atom is 0.103 e. The first-order valence-corrected chi connectivity index (χ1v) is 6.73. The molecular weight excluding hydrogens is 371 g/mol. The average Bonchev–Trinajstić information content (AvgIpc) is 2.22. The number of rotatable bonds is 5. The number of hydrogen-bond acceptors (Lipinski definition) is 2. The van der Waals surface area contributed by atoms with Gasteiger partial charge in [0.05, 0.1) is 6.61 Å². The summed E-state index contributed by atoms with van der Waals surface area (Å²) in [6.07, 6.45) is 0.434. The first kappa shape index (κ1) is 13.4. The van der Waals surface area contributed by atoms with Gasteiger partial charge in [-0.1, -0.05) is 22.9 Å². The lowest BCUT2D eigenvalue weighted by atomic mass is 10.1. The Hall–Kier alpha value is 0.350. The summed E-state index contributed by atoms with van der Waals surface area (Å²) >= 11 is 5.61. The highest BCUT2D eigenvalue weighted by Gasteiger charge is 2.11. The Morgan fingerprint density at radius 2 is 2.27 bits per heavy atom. The van der Waals surface area contributed by atoms with E-state index < -0.39 is 6.10 Å². The number of aliphatic hydroxyl groups is 1. The zero-order chi connectivity index (χ0) is 11.3. The first-order valence-electron chi connectivity index (χ1n) is 4.86. The molecule has 0 aliphatic carbocycles. The van der Waals surface area contributed by atoms with Crippen molar-refractivity contribution >= 4 is 38.5 Å². The van der Waals surface area contributed by atoms with Crippen molar-refractivity contribution in [3.8, 4) is 0 Å². The van der Waals surface area contributed by atoms with E-state index in [4.69, 9.17) is 4.74 Å². The fraction of sp³-hybridized carbons (Fsp3) is 0.455. The van der Waals surface area contributed by atoms with E-state index in [-0.39, 0.29) is 0 Å². The molecule has 0 amide bonds. The molecule has 84 valence electrons. The monoisotopic (exact) mass is 384 g/mol. The van der Waals surface area contributed by atoms with Crippen LogP contribution >= 0.6 is 38.5 Å². The zero-order valence-electron chi connectivity index (χ0n) is 8.54. The van der Waals surface area contributed by atoms with Gasteiger partial charge in [0.15, 0.2) is 0 Å². The van der Waals surface area contributed by atoms with Crippen LogP contribution in [-0.2, 0) is 4.74 Å². The van der Waals surface area contributed by atoms with Gasteiger partial charge in [-0.2, -0.15) is 0 Å². The second-order valence-corrected chi connectivity index (χ2v) is 5.33. The smallest absolute Gasteiger partial charge is 0.103 e. The largest absolute Gasteiger partial charge is 0.386 e. The Kier molecular flexibility index (Phi) is 6.11. The summed E-state index contributed by atoms with van der Waals surface area (Å²) in [4.78, 5) is 0. The van der Waals surface area contributed by atoms with Crippen LogP contribution < -0.4 is 0 Å². The molecule has 0 spiro atoms. The van der Waals surface area contributed by atoms with Gasteiger partial charge in [0.2, 0.25) is 0 Å². The van der Waals surface area contributed by atoms with Crippen LogP contribution in [0.2, 0.25) is 0 Å². The lowest BCUT2D eigenvalue weighted by Gasteiger charge is -2.13. The van der Waals surface area contributed by atoms with Gasteiger partial charge in [-0.15, -0.1) is 0 Å². The molecule has 1 N–H and O–H groups in total. The van der Waals surface area contributed by atoms with Crippen molar-refractivity contribution in [3.05, 3.63) is 31.8 Å². The molecule has 1 aromatic carbocycles. The Bertz CT molecular complexity index is 317. The topological polar surface area (TPSA) is 29.5 Å². The minimum atomic E-state index is -0.541. The predicted octanol–water partition coefficient (Wildman–Crippen LogP) is 3.51. The summed E-state index contributed by atoms with van der Waals surface area (Å²) in [5.41, 5.74) is 0.918. The third kappa shape index (κ3) is 4.38. The summed E-state index contributed by atoms with van der Waals surface area (Å²) in [7, 11) is 0. The molecule has 0 bridgehead atoms. The van der Waals surface area contributed by atoms with Gasteiger partial charge in [0, 0.05) is 14.6 Å². The Morgan fingerprint density at radius 1 is 1.53 bits per heavy atom. The summed E-state index contributed by atoms with van der Waals surface area (Å²) < 4.78 is 7.36. The van der Waals surface area contributed by atoms with Crippen LogP contribution in [0.15, 0.2) is 22.7 Å². The van der Waals surface area contributed by atoms with Crippen molar-refractivity contribution < 1.29 is 9.84 Å². The van der Waals surface area contributed by atoms with Crippen molar-refractivity contribution in [2.24, 2.45) is 0 Å². The molecule has 1 atom stereocenters. The molecule has 1 rings (SSSR count). The fourth-order valence-corrected chi connectivity index (χ4v) is 2.27. The fourth-order valence-electron chi connectivity index (χ4n) is 1.20. The van der Waals surface area contributed by atoms with Crippen LogP contribution in [0.5, 0.6) is 0 Å². The third-order valence-electron chi connectivity index (χ3n) is 1.94. The summed E-state index contributed by atoms with van der Waals surface area (Å²) in [5, 5.41) is 9.90. The highest BCUT2D eigenvalue weighted by atomic mass is 127. The average molecular weight is 385 g/mol. The van der Waals surface area contributed by atoms with Gasteiger partial charge in [-0.3, -0.25) is 0 Å². The quantitative estimate of drug-likeness (QED) is 0.621. The molecule has 0 saturated heterocycles. The molecule has 0 heterocycles. The molecule has 0 radical (unpaired) electrons. The van der Waals surface area contributed by atoms with E-state index in [0.717, 1.165) is 20.0 Å². The van der Waals surface area contributed by atoms with Crippen LogP contribution in [0, 0.1) is 3.57 Å². The van der Waals surface area contributed by atoms with Crippen LogP contribution in [0.4, 0.5) is 0 Å². The van der Waals surface area contributed by atoms with Crippen LogP contribution in [-0.4, -0.2) is 18.3 Å². The van der Waals surface area contributed by atoms with Crippen molar-refractivity contribution in [3.63, 3.8) is 0 Å². The number of ether oxygens (including phenoxy) is 1. The molecule has 0 aromatic heterocycles. The lowest BCUT2D eigenvalue weighted by Crippen LogP contribution is -2.09. The first-order chi connectivity index (χ1) is 7.15. The molecule has 2 nitrogen and oxygen atoms in total. The third-order valence-corrected chi connectivity index (χ3v) is 3.42.